The first-order chi connectivity index (χ1) is 11.8. The molecule has 2 aromatic rings. The molecule has 0 N–H and O–H groups in total. The van der Waals surface area contributed by atoms with Gasteiger partial charge in [0.15, 0.2) is 0 Å². The fourth-order valence-electron chi connectivity index (χ4n) is 3.64. The highest BCUT2D eigenvalue weighted by atomic mass is 16.3. The van der Waals surface area contributed by atoms with Crippen LogP contribution in [0.2, 0.25) is 0 Å². The second-order valence-corrected chi connectivity index (χ2v) is 6.69. The number of hydrogen-bond acceptors (Lipinski definition) is 2. The Hall–Kier alpha value is -2.03. The number of nitrogens with zero attached hydrogens (tertiary/aromatic N) is 1. The third-order valence-corrected chi connectivity index (χ3v) is 4.96. The van der Waals surface area contributed by atoms with Crippen molar-refractivity contribution >= 4 is 5.91 Å². The third kappa shape index (κ3) is 4.73. The van der Waals surface area contributed by atoms with E-state index in [0.29, 0.717) is 18.9 Å². The first kappa shape index (κ1) is 16.8. The van der Waals surface area contributed by atoms with Crippen LogP contribution in [0, 0.1) is 0 Å². The molecule has 2 heterocycles. The van der Waals surface area contributed by atoms with Gasteiger partial charge in [-0.05, 0) is 56.2 Å². The van der Waals surface area contributed by atoms with Gasteiger partial charge in [-0.3, -0.25) is 4.79 Å². The molecule has 0 bridgehead atoms. The molecule has 24 heavy (non-hydrogen) atoms. The Kier molecular flexibility index (Phi) is 6.11. The minimum atomic E-state index is 0.288. The third-order valence-electron chi connectivity index (χ3n) is 4.96. The summed E-state index contributed by atoms with van der Waals surface area (Å²) in [4.78, 5) is 14.8. The summed E-state index contributed by atoms with van der Waals surface area (Å²) in [5.41, 5.74) is 1.39. The molecule has 1 fully saturated rings. The number of benzene rings is 1. The lowest BCUT2D eigenvalue weighted by atomic mass is 9.95. The van der Waals surface area contributed by atoms with Gasteiger partial charge >= 0.3 is 0 Å². The Morgan fingerprint density at radius 3 is 2.75 bits per heavy atom. The van der Waals surface area contributed by atoms with E-state index in [1.807, 2.05) is 12.1 Å². The van der Waals surface area contributed by atoms with Gasteiger partial charge in [-0.2, -0.15) is 0 Å². The van der Waals surface area contributed by atoms with Crippen LogP contribution < -0.4 is 0 Å². The van der Waals surface area contributed by atoms with Gasteiger partial charge in [0.2, 0.25) is 5.91 Å². The number of furan rings is 1. The van der Waals surface area contributed by atoms with Crippen LogP contribution in [-0.2, 0) is 17.6 Å². The Balaban J connectivity index is 1.48. The highest BCUT2D eigenvalue weighted by molar-refractivity contribution is 5.76. The molecule has 1 amide bonds. The van der Waals surface area contributed by atoms with E-state index in [0.717, 1.165) is 44.4 Å². The topological polar surface area (TPSA) is 33.5 Å². The van der Waals surface area contributed by atoms with Crippen molar-refractivity contribution in [3.63, 3.8) is 0 Å². The molecule has 1 aliphatic rings. The number of amides is 1. The summed E-state index contributed by atoms with van der Waals surface area (Å²) in [6.45, 7) is 0.924. The van der Waals surface area contributed by atoms with Crippen LogP contribution in [0.1, 0.15) is 49.8 Å². The molecular formula is C21H27NO2. The average Bonchev–Trinajstić information content (AvgIpc) is 3.15. The number of carbonyl (C=O) groups excluding carboxylic acids is 1. The van der Waals surface area contributed by atoms with Crippen molar-refractivity contribution in [3.05, 3.63) is 60.1 Å². The Morgan fingerprint density at radius 2 is 1.96 bits per heavy atom. The highest BCUT2D eigenvalue weighted by Gasteiger charge is 2.26. The second-order valence-electron chi connectivity index (χ2n) is 6.69. The first-order valence-corrected chi connectivity index (χ1v) is 9.19. The molecule has 3 heteroatoms. The van der Waals surface area contributed by atoms with E-state index in [4.69, 9.17) is 4.42 Å². The maximum Gasteiger partial charge on any atom is 0.223 e. The quantitative estimate of drug-likeness (QED) is 0.744. The van der Waals surface area contributed by atoms with Crippen LogP contribution in [0.25, 0.3) is 0 Å². The van der Waals surface area contributed by atoms with Crippen molar-refractivity contribution in [3.8, 4) is 0 Å². The van der Waals surface area contributed by atoms with Crippen molar-refractivity contribution in [1.29, 1.82) is 0 Å². The number of rotatable bonds is 7. The van der Waals surface area contributed by atoms with Gasteiger partial charge in [0.1, 0.15) is 5.76 Å². The summed E-state index contributed by atoms with van der Waals surface area (Å²) in [5, 5.41) is 0. The zero-order valence-corrected chi connectivity index (χ0v) is 14.3. The molecule has 1 aromatic heterocycles. The van der Waals surface area contributed by atoms with E-state index in [2.05, 4.69) is 35.2 Å². The minimum Gasteiger partial charge on any atom is -0.469 e. The molecule has 0 spiro atoms. The molecule has 1 aliphatic heterocycles. The zero-order chi connectivity index (χ0) is 16.6. The van der Waals surface area contributed by atoms with Gasteiger partial charge in [-0.1, -0.05) is 30.3 Å². The van der Waals surface area contributed by atoms with Crippen molar-refractivity contribution in [2.75, 3.05) is 6.54 Å². The van der Waals surface area contributed by atoms with E-state index in [-0.39, 0.29) is 5.91 Å². The summed E-state index contributed by atoms with van der Waals surface area (Å²) in [6, 6.07) is 14.9. The van der Waals surface area contributed by atoms with E-state index in [1.165, 1.54) is 12.0 Å². The van der Waals surface area contributed by atoms with Gasteiger partial charge in [0.05, 0.1) is 6.26 Å². The zero-order valence-electron chi connectivity index (χ0n) is 14.3. The monoisotopic (exact) mass is 325 g/mol. The summed E-state index contributed by atoms with van der Waals surface area (Å²) < 4.78 is 5.34. The smallest absolute Gasteiger partial charge is 0.223 e. The van der Waals surface area contributed by atoms with Gasteiger partial charge in [0.25, 0.3) is 0 Å². The molecule has 3 nitrogen and oxygen atoms in total. The molecule has 0 aliphatic carbocycles. The maximum absolute atomic E-state index is 12.6. The lowest BCUT2D eigenvalue weighted by Gasteiger charge is -2.36. The number of piperidine rings is 1. The van der Waals surface area contributed by atoms with Gasteiger partial charge in [0, 0.05) is 25.4 Å². The fourth-order valence-corrected chi connectivity index (χ4v) is 3.64. The SMILES string of the molecule is O=C(CCc1ccco1)N1CCCCC1CCCc1ccccc1. The first-order valence-electron chi connectivity index (χ1n) is 9.19. The van der Waals surface area contributed by atoms with E-state index < -0.39 is 0 Å². The molecule has 3 rings (SSSR count). The van der Waals surface area contributed by atoms with Crippen molar-refractivity contribution in [1.82, 2.24) is 4.90 Å². The fraction of sp³-hybridized carbons (Fsp3) is 0.476. The molecule has 128 valence electrons. The molecule has 1 atom stereocenters. The van der Waals surface area contributed by atoms with Crippen molar-refractivity contribution in [2.45, 2.75) is 57.4 Å². The van der Waals surface area contributed by atoms with Gasteiger partial charge < -0.3 is 9.32 Å². The van der Waals surface area contributed by atoms with Crippen LogP contribution >= 0.6 is 0 Å². The molecule has 1 unspecified atom stereocenters. The highest BCUT2D eigenvalue weighted by Crippen LogP contribution is 2.23. The van der Waals surface area contributed by atoms with Crippen LogP contribution in [0.5, 0.6) is 0 Å². The normalized spacial score (nSPS) is 17.8. The van der Waals surface area contributed by atoms with Gasteiger partial charge in [-0.25, -0.2) is 0 Å². The van der Waals surface area contributed by atoms with Gasteiger partial charge in [-0.15, -0.1) is 0 Å². The van der Waals surface area contributed by atoms with E-state index in [1.54, 1.807) is 6.26 Å². The number of hydrogen-bond donors (Lipinski definition) is 0. The average molecular weight is 325 g/mol. The predicted octanol–water partition coefficient (Wildman–Crippen LogP) is 4.62. The summed E-state index contributed by atoms with van der Waals surface area (Å²) in [5.74, 6) is 1.19. The standard InChI is InChI=1S/C21H27NO2/c23-21(15-14-20-13-7-17-24-20)22-16-5-4-11-19(22)12-6-10-18-8-2-1-3-9-18/h1-3,7-9,13,17,19H,4-6,10-12,14-16H2. The lowest BCUT2D eigenvalue weighted by Crippen LogP contribution is -2.43. The molecular weight excluding hydrogens is 298 g/mol. The molecule has 0 saturated carbocycles. The largest absolute Gasteiger partial charge is 0.469 e. The molecule has 1 aromatic carbocycles. The van der Waals surface area contributed by atoms with Crippen LogP contribution in [-0.4, -0.2) is 23.4 Å². The van der Waals surface area contributed by atoms with Crippen molar-refractivity contribution < 1.29 is 9.21 Å². The Morgan fingerprint density at radius 1 is 1.08 bits per heavy atom. The minimum absolute atomic E-state index is 0.288. The Labute approximate surface area is 144 Å². The van der Waals surface area contributed by atoms with Crippen LogP contribution in [0.15, 0.2) is 53.1 Å². The lowest BCUT2D eigenvalue weighted by molar-refractivity contribution is -0.135. The van der Waals surface area contributed by atoms with Crippen molar-refractivity contribution in [2.24, 2.45) is 0 Å². The van der Waals surface area contributed by atoms with E-state index >= 15 is 0 Å². The number of carbonyl (C=O) groups is 1. The number of aryl methyl sites for hydroxylation is 2. The summed E-state index contributed by atoms with van der Waals surface area (Å²) in [6.07, 6.45) is 9.85. The predicted molar refractivity (Wildman–Crippen MR) is 95.8 cm³/mol. The second kappa shape index (κ2) is 8.72. The molecule has 1 saturated heterocycles. The molecule has 0 radical (unpaired) electrons. The van der Waals surface area contributed by atoms with Crippen LogP contribution in [0.4, 0.5) is 0 Å². The maximum atomic E-state index is 12.6. The van der Waals surface area contributed by atoms with E-state index in [9.17, 15) is 4.79 Å². The summed E-state index contributed by atoms with van der Waals surface area (Å²) in [7, 11) is 0. The Bertz CT molecular complexity index is 606. The van der Waals surface area contributed by atoms with Crippen LogP contribution in [0.3, 0.4) is 0 Å². The summed E-state index contributed by atoms with van der Waals surface area (Å²) >= 11 is 0. The number of likely N-dealkylation sites (tertiary alicyclic amines) is 1.